The van der Waals surface area contributed by atoms with Gasteiger partial charge in [0.15, 0.2) is 0 Å². The van der Waals surface area contributed by atoms with E-state index in [9.17, 15) is 4.79 Å². The third-order valence-electron chi connectivity index (χ3n) is 3.22. The maximum atomic E-state index is 11.4. The molecule has 5 nitrogen and oxygen atoms in total. The second-order valence-electron chi connectivity index (χ2n) is 4.41. The van der Waals surface area contributed by atoms with Crippen molar-refractivity contribution in [1.29, 1.82) is 0 Å². The molecule has 1 aliphatic rings. The standard InChI is InChI=1S/C12H17N3O2/c1-15-6-9(10(7-15)17-2)8-4-3-5-14-11(8)12(13)16/h3-5,9-10H,6-7H2,1-2H3,(H2,13,16)/t9-,10-/m1/s1. The van der Waals surface area contributed by atoms with Crippen LogP contribution in [0.2, 0.25) is 0 Å². The molecule has 2 N–H and O–H groups in total. The van der Waals surface area contributed by atoms with Crippen LogP contribution in [-0.4, -0.2) is 49.1 Å². The number of amides is 1. The Kier molecular flexibility index (Phi) is 3.40. The summed E-state index contributed by atoms with van der Waals surface area (Å²) < 4.78 is 5.46. The molecular formula is C12H17N3O2. The van der Waals surface area contributed by atoms with Crippen LogP contribution in [-0.2, 0) is 4.74 Å². The minimum absolute atomic E-state index is 0.0855. The molecule has 2 atom stereocenters. The summed E-state index contributed by atoms with van der Waals surface area (Å²) in [7, 11) is 3.73. The van der Waals surface area contributed by atoms with Gasteiger partial charge in [0.25, 0.3) is 5.91 Å². The van der Waals surface area contributed by atoms with E-state index < -0.39 is 5.91 Å². The van der Waals surface area contributed by atoms with Gasteiger partial charge in [-0.1, -0.05) is 6.07 Å². The van der Waals surface area contributed by atoms with E-state index >= 15 is 0 Å². The lowest BCUT2D eigenvalue weighted by atomic mass is 9.94. The van der Waals surface area contributed by atoms with Gasteiger partial charge in [-0.2, -0.15) is 0 Å². The van der Waals surface area contributed by atoms with Gasteiger partial charge in [-0.3, -0.25) is 9.78 Å². The molecule has 0 spiro atoms. The summed E-state index contributed by atoms with van der Waals surface area (Å²) in [5, 5.41) is 0. The minimum Gasteiger partial charge on any atom is -0.379 e. The number of likely N-dealkylation sites (tertiary alicyclic amines) is 1. The second-order valence-corrected chi connectivity index (χ2v) is 4.41. The highest BCUT2D eigenvalue weighted by atomic mass is 16.5. The average molecular weight is 235 g/mol. The predicted octanol–water partition coefficient (Wildman–Crippen LogP) is 0.225. The molecular weight excluding hydrogens is 218 g/mol. The topological polar surface area (TPSA) is 68.4 Å². The predicted molar refractivity (Wildman–Crippen MR) is 63.8 cm³/mol. The van der Waals surface area contributed by atoms with Gasteiger partial charge in [-0.05, 0) is 18.7 Å². The third kappa shape index (κ3) is 2.30. The first-order valence-electron chi connectivity index (χ1n) is 5.59. The summed E-state index contributed by atoms with van der Waals surface area (Å²) in [5.74, 6) is -0.328. The minimum atomic E-state index is -0.481. The summed E-state index contributed by atoms with van der Waals surface area (Å²) in [6.07, 6.45) is 1.67. The molecule has 1 aliphatic heterocycles. The van der Waals surface area contributed by atoms with Crippen molar-refractivity contribution in [3.8, 4) is 0 Å². The Morgan fingerprint density at radius 2 is 2.35 bits per heavy atom. The molecule has 0 aliphatic carbocycles. The number of hydrogen-bond acceptors (Lipinski definition) is 4. The van der Waals surface area contributed by atoms with Gasteiger partial charge in [0.2, 0.25) is 0 Å². The number of primary amides is 1. The van der Waals surface area contributed by atoms with Gasteiger partial charge in [0, 0.05) is 32.3 Å². The van der Waals surface area contributed by atoms with Crippen molar-refractivity contribution < 1.29 is 9.53 Å². The quantitative estimate of drug-likeness (QED) is 0.814. The first kappa shape index (κ1) is 12.0. The van der Waals surface area contributed by atoms with E-state index in [4.69, 9.17) is 10.5 Å². The molecule has 0 saturated carbocycles. The van der Waals surface area contributed by atoms with Crippen molar-refractivity contribution >= 4 is 5.91 Å². The largest absolute Gasteiger partial charge is 0.379 e. The van der Waals surface area contributed by atoms with E-state index in [1.165, 1.54) is 0 Å². The molecule has 1 saturated heterocycles. The van der Waals surface area contributed by atoms with E-state index in [0.29, 0.717) is 5.69 Å². The maximum Gasteiger partial charge on any atom is 0.267 e. The highest BCUT2D eigenvalue weighted by Gasteiger charge is 2.34. The Morgan fingerprint density at radius 1 is 1.59 bits per heavy atom. The van der Waals surface area contributed by atoms with Gasteiger partial charge in [0.1, 0.15) is 5.69 Å². The normalized spacial score (nSPS) is 25.1. The second kappa shape index (κ2) is 4.81. The van der Waals surface area contributed by atoms with Crippen molar-refractivity contribution in [1.82, 2.24) is 9.88 Å². The van der Waals surface area contributed by atoms with E-state index in [-0.39, 0.29) is 12.0 Å². The Labute approximate surface area is 101 Å². The smallest absolute Gasteiger partial charge is 0.267 e. The summed E-state index contributed by atoms with van der Waals surface area (Å²) in [5.41, 5.74) is 6.59. The van der Waals surface area contributed by atoms with Crippen LogP contribution in [0, 0.1) is 0 Å². The van der Waals surface area contributed by atoms with Crippen LogP contribution in [0.15, 0.2) is 18.3 Å². The molecule has 0 radical (unpaired) electrons. The van der Waals surface area contributed by atoms with Gasteiger partial charge in [-0.15, -0.1) is 0 Å². The number of carbonyl (C=O) groups excluding carboxylic acids is 1. The van der Waals surface area contributed by atoms with Crippen LogP contribution in [0.3, 0.4) is 0 Å². The molecule has 1 amide bonds. The molecule has 1 aromatic heterocycles. The maximum absolute atomic E-state index is 11.4. The number of nitrogens with zero attached hydrogens (tertiary/aromatic N) is 2. The molecule has 5 heteroatoms. The number of carbonyl (C=O) groups is 1. The molecule has 2 rings (SSSR count). The van der Waals surface area contributed by atoms with E-state index in [0.717, 1.165) is 18.7 Å². The Morgan fingerprint density at radius 3 is 3.00 bits per heavy atom. The highest BCUT2D eigenvalue weighted by Crippen LogP contribution is 2.29. The average Bonchev–Trinajstić information content (AvgIpc) is 2.70. The number of rotatable bonds is 3. The number of pyridine rings is 1. The fourth-order valence-corrected chi connectivity index (χ4v) is 2.42. The van der Waals surface area contributed by atoms with Gasteiger partial charge < -0.3 is 15.4 Å². The van der Waals surface area contributed by atoms with E-state index in [2.05, 4.69) is 9.88 Å². The number of likely N-dealkylation sites (N-methyl/N-ethyl adjacent to an activating group) is 1. The zero-order chi connectivity index (χ0) is 12.4. The molecule has 0 aromatic carbocycles. The van der Waals surface area contributed by atoms with E-state index in [1.807, 2.05) is 19.2 Å². The first-order chi connectivity index (χ1) is 8.13. The van der Waals surface area contributed by atoms with Crippen molar-refractivity contribution in [2.75, 3.05) is 27.2 Å². The summed E-state index contributed by atoms with van der Waals surface area (Å²) in [6, 6.07) is 3.73. The lowest BCUT2D eigenvalue weighted by molar-refractivity contribution is 0.0961. The number of hydrogen-bond donors (Lipinski definition) is 1. The SMILES string of the molecule is CO[C@@H]1CN(C)C[C@@H]1c1cccnc1C(N)=O. The van der Waals surface area contributed by atoms with Crippen LogP contribution >= 0.6 is 0 Å². The molecule has 1 fully saturated rings. The zero-order valence-corrected chi connectivity index (χ0v) is 10.1. The molecule has 0 unspecified atom stereocenters. The fraction of sp³-hybridized carbons (Fsp3) is 0.500. The van der Waals surface area contributed by atoms with Crippen molar-refractivity contribution in [2.24, 2.45) is 5.73 Å². The first-order valence-corrected chi connectivity index (χ1v) is 5.59. The van der Waals surface area contributed by atoms with E-state index in [1.54, 1.807) is 13.3 Å². The number of aromatic nitrogens is 1. The highest BCUT2D eigenvalue weighted by molar-refractivity contribution is 5.92. The Bertz CT molecular complexity index is 422. The Balaban J connectivity index is 2.36. The summed E-state index contributed by atoms with van der Waals surface area (Å²) in [4.78, 5) is 17.6. The number of ether oxygens (including phenoxy) is 1. The summed E-state index contributed by atoms with van der Waals surface area (Å²) >= 11 is 0. The van der Waals surface area contributed by atoms with Gasteiger partial charge in [0.05, 0.1) is 6.10 Å². The van der Waals surface area contributed by atoms with Crippen LogP contribution in [0.1, 0.15) is 22.0 Å². The van der Waals surface area contributed by atoms with Crippen molar-refractivity contribution in [2.45, 2.75) is 12.0 Å². The van der Waals surface area contributed by atoms with Crippen LogP contribution in [0.4, 0.5) is 0 Å². The Hall–Kier alpha value is -1.46. The molecule has 2 heterocycles. The summed E-state index contributed by atoms with van der Waals surface area (Å²) in [6.45, 7) is 1.71. The van der Waals surface area contributed by atoms with Crippen LogP contribution < -0.4 is 5.73 Å². The monoisotopic (exact) mass is 235 g/mol. The molecule has 0 bridgehead atoms. The van der Waals surface area contributed by atoms with Crippen molar-refractivity contribution in [3.05, 3.63) is 29.6 Å². The number of nitrogens with two attached hydrogens (primary N) is 1. The van der Waals surface area contributed by atoms with Crippen molar-refractivity contribution in [3.63, 3.8) is 0 Å². The zero-order valence-electron chi connectivity index (χ0n) is 10.1. The third-order valence-corrected chi connectivity index (χ3v) is 3.22. The lowest BCUT2D eigenvalue weighted by Gasteiger charge is -2.18. The molecule has 92 valence electrons. The molecule has 1 aromatic rings. The van der Waals surface area contributed by atoms with Crippen LogP contribution in [0.25, 0.3) is 0 Å². The van der Waals surface area contributed by atoms with Gasteiger partial charge in [-0.25, -0.2) is 0 Å². The fourth-order valence-electron chi connectivity index (χ4n) is 2.42. The molecule has 17 heavy (non-hydrogen) atoms. The van der Waals surface area contributed by atoms with Crippen LogP contribution in [0.5, 0.6) is 0 Å². The lowest BCUT2D eigenvalue weighted by Crippen LogP contribution is -2.24. The number of methoxy groups -OCH3 is 1. The van der Waals surface area contributed by atoms with Gasteiger partial charge >= 0.3 is 0 Å².